The van der Waals surface area contributed by atoms with Crippen molar-refractivity contribution in [2.45, 2.75) is 6.04 Å². The zero-order valence-electron chi connectivity index (χ0n) is 19.8. The van der Waals surface area contributed by atoms with Crippen LogP contribution >= 0.6 is 0 Å². The minimum absolute atomic E-state index is 0.140. The van der Waals surface area contributed by atoms with Gasteiger partial charge in [-0.05, 0) is 34.9 Å². The SMILES string of the molecule is CN(C)c1ccc(C=C(C#N)C(=O)N2CCN(C(c3ccccc3)c3ccccc3)CC2)cc1. The first-order valence-corrected chi connectivity index (χ1v) is 11.6. The number of hydrogen-bond acceptors (Lipinski definition) is 4. The minimum atomic E-state index is -0.199. The molecule has 0 bridgehead atoms. The summed E-state index contributed by atoms with van der Waals surface area (Å²) in [5.74, 6) is -0.199. The molecule has 0 saturated carbocycles. The lowest BCUT2D eigenvalue weighted by Crippen LogP contribution is -2.50. The standard InChI is InChI=1S/C29H30N4O/c1-31(2)27-15-13-23(14-16-27)21-26(22-30)29(34)33-19-17-32(18-20-33)28(24-9-5-3-6-10-24)25-11-7-4-8-12-25/h3-16,21,28H,17-20H2,1-2H3. The maximum absolute atomic E-state index is 13.1. The van der Waals surface area contributed by atoms with Crippen LogP contribution in [-0.2, 0) is 4.79 Å². The summed E-state index contributed by atoms with van der Waals surface area (Å²) in [6.45, 7) is 2.67. The molecule has 0 unspecified atom stereocenters. The molecule has 4 rings (SSSR count). The summed E-state index contributed by atoms with van der Waals surface area (Å²) in [5, 5.41) is 9.68. The van der Waals surface area contributed by atoms with Crippen molar-refractivity contribution in [3.05, 3.63) is 107 Å². The molecule has 0 aliphatic carbocycles. The van der Waals surface area contributed by atoms with E-state index in [0.717, 1.165) is 24.3 Å². The lowest BCUT2D eigenvalue weighted by atomic mass is 9.96. The van der Waals surface area contributed by atoms with Crippen LogP contribution in [-0.4, -0.2) is 56.0 Å². The number of piperazine rings is 1. The Morgan fingerprint density at radius 1 is 0.853 bits per heavy atom. The molecule has 5 heteroatoms. The Morgan fingerprint density at radius 3 is 1.85 bits per heavy atom. The first-order valence-electron chi connectivity index (χ1n) is 11.6. The van der Waals surface area contributed by atoms with E-state index in [1.165, 1.54) is 11.1 Å². The highest BCUT2D eigenvalue weighted by molar-refractivity contribution is 6.01. The molecule has 1 aliphatic rings. The molecule has 3 aromatic carbocycles. The number of hydrogen-bond donors (Lipinski definition) is 0. The van der Waals surface area contributed by atoms with E-state index in [-0.39, 0.29) is 17.5 Å². The number of anilines is 1. The molecular formula is C29H30N4O. The van der Waals surface area contributed by atoms with Gasteiger partial charge in [0.05, 0.1) is 6.04 Å². The molecule has 5 nitrogen and oxygen atoms in total. The fourth-order valence-corrected chi connectivity index (χ4v) is 4.42. The molecular weight excluding hydrogens is 420 g/mol. The zero-order chi connectivity index (χ0) is 23.9. The van der Waals surface area contributed by atoms with Crippen molar-refractivity contribution in [3.63, 3.8) is 0 Å². The minimum Gasteiger partial charge on any atom is -0.378 e. The van der Waals surface area contributed by atoms with Gasteiger partial charge < -0.3 is 9.80 Å². The number of nitrogens with zero attached hydrogens (tertiary/aromatic N) is 4. The molecule has 0 aromatic heterocycles. The van der Waals surface area contributed by atoms with Gasteiger partial charge in [0, 0.05) is 46.0 Å². The van der Waals surface area contributed by atoms with E-state index in [0.29, 0.717) is 13.1 Å². The quantitative estimate of drug-likeness (QED) is 0.407. The van der Waals surface area contributed by atoms with Gasteiger partial charge in [0.25, 0.3) is 5.91 Å². The van der Waals surface area contributed by atoms with Gasteiger partial charge in [0.1, 0.15) is 11.6 Å². The second-order valence-corrected chi connectivity index (χ2v) is 8.71. The molecule has 0 N–H and O–H groups in total. The van der Waals surface area contributed by atoms with Crippen molar-refractivity contribution >= 4 is 17.7 Å². The molecule has 3 aromatic rings. The first kappa shape index (κ1) is 23.3. The molecule has 0 radical (unpaired) electrons. The van der Waals surface area contributed by atoms with Crippen LogP contribution in [0.25, 0.3) is 6.08 Å². The molecule has 0 atom stereocenters. The molecule has 1 saturated heterocycles. The Balaban J connectivity index is 1.47. The van der Waals surface area contributed by atoms with Gasteiger partial charge >= 0.3 is 0 Å². The van der Waals surface area contributed by atoms with Gasteiger partial charge in [0.2, 0.25) is 0 Å². The number of carbonyl (C=O) groups excluding carboxylic acids is 1. The monoisotopic (exact) mass is 450 g/mol. The Kier molecular flexibility index (Phi) is 7.41. The zero-order valence-corrected chi connectivity index (χ0v) is 19.8. The van der Waals surface area contributed by atoms with Gasteiger partial charge in [0.15, 0.2) is 0 Å². The van der Waals surface area contributed by atoms with E-state index in [1.54, 1.807) is 11.0 Å². The van der Waals surface area contributed by atoms with E-state index < -0.39 is 0 Å². The number of amides is 1. The van der Waals surface area contributed by atoms with Gasteiger partial charge in [-0.25, -0.2) is 0 Å². The number of benzene rings is 3. The van der Waals surface area contributed by atoms with E-state index >= 15 is 0 Å². The van der Waals surface area contributed by atoms with Gasteiger partial charge in [-0.15, -0.1) is 0 Å². The molecule has 172 valence electrons. The number of rotatable bonds is 6. The summed E-state index contributed by atoms with van der Waals surface area (Å²) in [5.41, 5.74) is 4.58. The van der Waals surface area contributed by atoms with E-state index in [2.05, 4.69) is 59.5 Å². The summed E-state index contributed by atoms with van der Waals surface area (Å²) in [4.78, 5) is 19.4. The van der Waals surface area contributed by atoms with Crippen molar-refractivity contribution in [3.8, 4) is 6.07 Å². The third kappa shape index (κ3) is 5.36. The number of carbonyl (C=O) groups is 1. The predicted molar refractivity (Wildman–Crippen MR) is 137 cm³/mol. The Bertz CT molecular complexity index is 1120. The lowest BCUT2D eigenvalue weighted by Gasteiger charge is -2.39. The second-order valence-electron chi connectivity index (χ2n) is 8.71. The van der Waals surface area contributed by atoms with E-state index in [1.807, 2.05) is 55.4 Å². The second kappa shape index (κ2) is 10.8. The molecule has 0 spiro atoms. The predicted octanol–water partition coefficient (Wildman–Crippen LogP) is 4.59. The maximum atomic E-state index is 13.1. The molecule has 1 heterocycles. The van der Waals surface area contributed by atoms with Gasteiger partial charge in [-0.3, -0.25) is 9.69 Å². The summed E-state index contributed by atoms with van der Waals surface area (Å²) < 4.78 is 0. The third-order valence-corrected chi connectivity index (χ3v) is 6.27. The van der Waals surface area contributed by atoms with Crippen LogP contribution < -0.4 is 4.90 Å². The Hall–Kier alpha value is -3.88. The van der Waals surface area contributed by atoms with Crippen LogP contribution in [0, 0.1) is 11.3 Å². The Morgan fingerprint density at radius 2 is 1.38 bits per heavy atom. The van der Waals surface area contributed by atoms with Crippen molar-refractivity contribution in [2.24, 2.45) is 0 Å². The van der Waals surface area contributed by atoms with Crippen molar-refractivity contribution in [1.82, 2.24) is 9.80 Å². The lowest BCUT2D eigenvalue weighted by molar-refractivity contribution is -0.128. The Labute approximate surface area is 202 Å². The van der Waals surface area contributed by atoms with Crippen LogP contribution in [0.2, 0.25) is 0 Å². The van der Waals surface area contributed by atoms with Crippen LogP contribution in [0.1, 0.15) is 22.7 Å². The van der Waals surface area contributed by atoms with Crippen LogP contribution in [0.3, 0.4) is 0 Å². The fourth-order valence-electron chi connectivity index (χ4n) is 4.42. The average Bonchev–Trinajstić information content (AvgIpc) is 2.89. The van der Waals surface area contributed by atoms with Crippen LogP contribution in [0.5, 0.6) is 0 Å². The summed E-state index contributed by atoms with van der Waals surface area (Å²) in [6.07, 6.45) is 1.69. The van der Waals surface area contributed by atoms with Gasteiger partial charge in [-0.1, -0.05) is 72.8 Å². The topological polar surface area (TPSA) is 50.6 Å². The molecule has 34 heavy (non-hydrogen) atoms. The largest absolute Gasteiger partial charge is 0.378 e. The highest BCUT2D eigenvalue weighted by atomic mass is 16.2. The van der Waals surface area contributed by atoms with Crippen molar-refractivity contribution < 1.29 is 4.79 Å². The molecule has 1 amide bonds. The third-order valence-electron chi connectivity index (χ3n) is 6.27. The summed E-state index contributed by atoms with van der Waals surface area (Å²) in [7, 11) is 3.96. The first-order chi connectivity index (χ1) is 16.6. The molecule has 1 fully saturated rings. The van der Waals surface area contributed by atoms with Crippen molar-refractivity contribution in [2.75, 3.05) is 45.2 Å². The highest BCUT2D eigenvalue weighted by Crippen LogP contribution is 2.29. The number of nitriles is 1. The normalized spacial score (nSPS) is 14.6. The van der Waals surface area contributed by atoms with E-state index in [9.17, 15) is 10.1 Å². The summed E-state index contributed by atoms with van der Waals surface area (Å²) >= 11 is 0. The van der Waals surface area contributed by atoms with Crippen LogP contribution in [0.4, 0.5) is 5.69 Å². The summed E-state index contributed by atoms with van der Waals surface area (Å²) in [6, 6.07) is 31.1. The van der Waals surface area contributed by atoms with Gasteiger partial charge in [-0.2, -0.15) is 5.26 Å². The average molecular weight is 451 g/mol. The smallest absolute Gasteiger partial charge is 0.264 e. The van der Waals surface area contributed by atoms with E-state index in [4.69, 9.17) is 0 Å². The van der Waals surface area contributed by atoms with Crippen molar-refractivity contribution in [1.29, 1.82) is 5.26 Å². The highest BCUT2D eigenvalue weighted by Gasteiger charge is 2.29. The molecule has 1 aliphatic heterocycles. The fraction of sp³-hybridized carbons (Fsp3) is 0.241. The maximum Gasteiger partial charge on any atom is 0.264 e. The van der Waals surface area contributed by atoms with Crippen LogP contribution in [0.15, 0.2) is 90.5 Å².